The first-order valence-corrected chi connectivity index (χ1v) is 8.31. The highest BCUT2D eigenvalue weighted by Crippen LogP contribution is 2.32. The standard InChI is InChI=1S/C18H21ClN2O2/c1-13(2)18(22)21-9-7-20(8-10-21)16-6-5-14(12-15(16)19)17-4-3-11-23-17/h3-6,11-13H,7-10H2,1-2H3. The number of amides is 1. The Labute approximate surface area is 141 Å². The van der Waals surface area contributed by atoms with Gasteiger partial charge in [-0.3, -0.25) is 4.79 Å². The van der Waals surface area contributed by atoms with Gasteiger partial charge in [-0.2, -0.15) is 0 Å². The zero-order valence-electron chi connectivity index (χ0n) is 13.5. The molecule has 4 nitrogen and oxygen atoms in total. The van der Waals surface area contributed by atoms with Gasteiger partial charge in [0.25, 0.3) is 0 Å². The van der Waals surface area contributed by atoms with Gasteiger partial charge in [-0.1, -0.05) is 25.4 Å². The van der Waals surface area contributed by atoms with Crippen molar-refractivity contribution in [2.24, 2.45) is 5.92 Å². The van der Waals surface area contributed by atoms with Crippen molar-refractivity contribution < 1.29 is 9.21 Å². The largest absolute Gasteiger partial charge is 0.464 e. The van der Waals surface area contributed by atoms with Crippen LogP contribution in [0.3, 0.4) is 0 Å². The summed E-state index contributed by atoms with van der Waals surface area (Å²) in [6.07, 6.45) is 1.65. The van der Waals surface area contributed by atoms with Gasteiger partial charge in [0.2, 0.25) is 5.91 Å². The number of hydrogen-bond donors (Lipinski definition) is 0. The number of rotatable bonds is 3. The zero-order chi connectivity index (χ0) is 16.4. The molecule has 122 valence electrons. The number of hydrogen-bond acceptors (Lipinski definition) is 3. The van der Waals surface area contributed by atoms with E-state index in [1.54, 1.807) is 6.26 Å². The van der Waals surface area contributed by atoms with Crippen molar-refractivity contribution in [1.29, 1.82) is 0 Å². The average molecular weight is 333 g/mol. The fourth-order valence-corrected chi connectivity index (χ4v) is 3.19. The zero-order valence-corrected chi connectivity index (χ0v) is 14.2. The number of furan rings is 1. The number of anilines is 1. The SMILES string of the molecule is CC(C)C(=O)N1CCN(c2ccc(-c3ccco3)cc2Cl)CC1. The molecule has 3 rings (SSSR count). The molecule has 1 aromatic heterocycles. The molecular formula is C18H21ClN2O2. The van der Waals surface area contributed by atoms with Crippen LogP contribution in [0.15, 0.2) is 41.0 Å². The lowest BCUT2D eigenvalue weighted by molar-refractivity contribution is -0.134. The van der Waals surface area contributed by atoms with Crippen LogP contribution in [0.2, 0.25) is 5.02 Å². The van der Waals surface area contributed by atoms with E-state index in [0.29, 0.717) is 5.02 Å². The monoisotopic (exact) mass is 332 g/mol. The Balaban J connectivity index is 1.70. The Bertz CT molecular complexity index is 674. The third-order valence-electron chi connectivity index (χ3n) is 4.18. The minimum atomic E-state index is 0.0534. The molecule has 1 aliphatic heterocycles. The van der Waals surface area contributed by atoms with Gasteiger partial charge in [0.15, 0.2) is 0 Å². The van der Waals surface area contributed by atoms with Gasteiger partial charge in [0.05, 0.1) is 17.0 Å². The predicted molar refractivity (Wildman–Crippen MR) is 92.8 cm³/mol. The van der Waals surface area contributed by atoms with Crippen LogP contribution in [0.4, 0.5) is 5.69 Å². The van der Waals surface area contributed by atoms with Gasteiger partial charge in [0.1, 0.15) is 5.76 Å². The van der Waals surface area contributed by atoms with Crippen LogP contribution in [0, 0.1) is 5.92 Å². The van der Waals surface area contributed by atoms with Crippen LogP contribution in [-0.2, 0) is 4.79 Å². The van der Waals surface area contributed by atoms with Gasteiger partial charge in [-0.05, 0) is 30.3 Å². The highest BCUT2D eigenvalue weighted by atomic mass is 35.5. The van der Waals surface area contributed by atoms with Crippen molar-refractivity contribution in [3.05, 3.63) is 41.6 Å². The molecule has 1 fully saturated rings. The molecule has 2 heterocycles. The topological polar surface area (TPSA) is 36.7 Å². The Morgan fingerprint density at radius 1 is 1.17 bits per heavy atom. The Morgan fingerprint density at radius 3 is 2.48 bits per heavy atom. The third kappa shape index (κ3) is 3.37. The molecule has 1 saturated heterocycles. The van der Waals surface area contributed by atoms with Crippen LogP contribution < -0.4 is 4.90 Å². The molecule has 0 unspecified atom stereocenters. The van der Waals surface area contributed by atoms with E-state index >= 15 is 0 Å². The molecule has 0 radical (unpaired) electrons. The highest BCUT2D eigenvalue weighted by Gasteiger charge is 2.24. The average Bonchev–Trinajstić information content (AvgIpc) is 3.08. The summed E-state index contributed by atoms with van der Waals surface area (Å²) in [5, 5.41) is 0.711. The summed E-state index contributed by atoms with van der Waals surface area (Å²) in [6, 6.07) is 9.76. The van der Waals surface area contributed by atoms with Crippen molar-refractivity contribution in [1.82, 2.24) is 4.90 Å². The molecule has 5 heteroatoms. The summed E-state index contributed by atoms with van der Waals surface area (Å²) in [4.78, 5) is 16.2. The Morgan fingerprint density at radius 2 is 1.91 bits per heavy atom. The summed E-state index contributed by atoms with van der Waals surface area (Å²) in [5.74, 6) is 1.09. The second kappa shape index (κ2) is 6.67. The molecule has 1 aliphatic rings. The minimum Gasteiger partial charge on any atom is -0.464 e. The quantitative estimate of drug-likeness (QED) is 0.855. The van der Waals surface area contributed by atoms with Crippen molar-refractivity contribution in [3.8, 4) is 11.3 Å². The lowest BCUT2D eigenvalue weighted by atomic mass is 10.1. The normalized spacial score (nSPS) is 15.3. The van der Waals surface area contributed by atoms with Gasteiger partial charge in [-0.15, -0.1) is 0 Å². The van der Waals surface area contributed by atoms with Gasteiger partial charge in [0, 0.05) is 37.7 Å². The maximum absolute atomic E-state index is 12.1. The molecule has 0 N–H and O–H groups in total. The van der Waals surface area contributed by atoms with E-state index < -0.39 is 0 Å². The summed E-state index contributed by atoms with van der Waals surface area (Å²) in [5.41, 5.74) is 1.98. The van der Waals surface area contributed by atoms with E-state index in [1.165, 1.54) is 0 Å². The van der Waals surface area contributed by atoms with Crippen molar-refractivity contribution in [2.45, 2.75) is 13.8 Å². The molecule has 0 bridgehead atoms. The van der Waals surface area contributed by atoms with Crippen LogP contribution in [0.5, 0.6) is 0 Å². The third-order valence-corrected chi connectivity index (χ3v) is 4.48. The predicted octanol–water partition coefficient (Wildman–Crippen LogP) is 3.90. The van der Waals surface area contributed by atoms with E-state index in [4.69, 9.17) is 16.0 Å². The fourth-order valence-electron chi connectivity index (χ4n) is 2.89. The molecular weight excluding hydrogens is 312 g/mol. The number of halogens is 1. The summed E-state index contributed by atoms with van der Waals surface area (Å²) in [6.45, 7) is 6.98. The number of nitrogens with zero attached hydrogens (tertiary/aromatic N) is 2. The highest BCUT2D eigenvalue weighted by molar-refractivity contribution is 6.33. The summed E-state index contributed by atoms with van der Waals surface area (Å²) in [7, 11) is 0. The van der Waals surface area contributed by atoms with Crippen LogP contribution in [-0.4, -0.2) is 37.0 Å². The molecule has 0 spiro atoms. The first kappa shape index (κ1) is 15.9. The Hall–Kier alpha value is -1.94. The Kier molecular flexibility index (Phi) is 4.62. The molecule has 1 aromatic carbocycles. The first-order chi connectivity index (χ1) is 11.1. The van der Waals surface area contributed by atoms with Gasteiger partial charge < -0.3 is 14.2 Å². The minimum absolute atomic E-state index is 0.0534. The fraction of sp³-hybridized carbons (Fsp3) is 0.389. The van der Waals surface area contributed by atoms with Crippen molar-refractivity contribution in [2.75, 3.05) is 31.1 Å². The molecule has 0 aliphatic carbocycles. The second-order valence-electron chi connectivity index (χ2n) is 6.11. The van der Waals surface area contributed by atoms with E-state index in [2.05, 4.69) is 4.90 Å². The van der Waals surface area contributed by atoms with E-state index in [0.717, 1.165) is 43.2 Å². The van der Waals surface area contributed by atoms with E-state index in [-0.39, 0.29) is 11.8 Å². The van der Waals surface area contributed by atoms with Crippen molar-refractivity contribution >= 4 is 23.2 Å². The molecule has 0 atom stereocenters. The molecule has 1 amide bonds. The number of benzene rings is 1. The lowest BCUT2D eigenvalue weighted by Gasteiger charge is -2.37. The maximum atomic E-state index is 12.1. The molecule has 0 saturated carbocycles. The molecule has 2 aromatic rings. The van der Waals surface area contributed by atoms with Crippen LogP contribution in [0.25, 0.3) is 11.3 Å². The smallest absolute Gasteiger partial charge is 0.225 e. The first-order valence-electron chi connectivity index (χ1n) is 7.93. The molecule has 23 heavy (non-hydrogen) atoms. The summed E-state index contributed by atoms with van der Waals surface area (Å²) >= 11 is 6.47. The summed E-state index contributed by atoms with van der Waals surface area (Å²) < 4.78 is 5.41. The number of carbonyl (C=O) groups is 1. The van der Waals surface area contributed by atoms with E-state index in [9.17, 15) is 4.79 Å². The lowest BCUT2D eigenvalue weighted by Crippen LogP contribution is -2.50. The second-order valence-corrected chi connectivity index (χ2v) is 6.52. The number of piperazine rings is 1. The van der Waals surface area contributed by atoms with Gasteiger partial charge in [-0.25, -0.2) is 0 Å². The van der Waals surface area contributed by atoms with Crippen LogP contribution in [0.1, 0.15) is 13.8 Å². The maximum Gasteiger partial charge on any atom is 0.225 e. The van der Waals surface area contributed by atoms with E-state index in [1.807, 2.05) is 49.1 Å². The van der Waals surface area contributed by atoms with Crippen LogP contribution >= 0.6 is 11.6 Å². The van der Waals surface area contributed by atoms with Crippen molar-refractivity contribution in [3.63, 3.8) is 0 Å². The number of carbonyl (C=O) groups excluding carboxylic acids is 1. The van der Waals surface area contributed by atoms with Gasteiger partial charge >= 0.3 is 0 Å².